The van der Waals surface area contributed by atoms with Crippen molar-refractivity contribution in [1.29, 1.82) is 0 Å². The highest BCUT2D eigenvalue weighted by atomic mass is 19.4. The number of alkyl halides is 3. The second-order valence-corrected chi connectivity index (χ2v) is 4.25. The van der Waals surface area contributed by atoms with Gasteiger partial charge in [0.2, 0.25) is 0 Å². The summed E-state index contributed by atoms with van der Waals surface area (Å²) in [5.74, 6) is 0.404. The van der Waals surface area contributed by atoms with Gasteiger partial charge in [0.05, 0.1) is 12.2 Å². The smallest absolute Gasteiger partial charge is 0.419 e. The predicted molar refractivity (Wildman–Crippen MR) is 54.4 cm³/mol. The topological polar surface area (TPSA) is 9.23 Å². The molecule has 1 fully saturated rings. The van der Waals surface area contributed by atoms with Crippen LogP contribution in [0.2, 0.25) is 0 Å². The van der Waals surface area contributed by atoms with Crippen LogP contribution in [0.1, 0.15) is 24.0 Å². The maximum atomic E-state index is 12.6. The molecule has 0 unspecified atom stereocenters. The van der Waals surface area contributed by atoms with E-state index >= 15 is 0 Å². The molecule has 0 N–H and O–H groups in total. The number of ether oxygens (including phenoxy) is 1. The molecule has 4 heteroatoms. The maximum Gasteiger partial charge on any atom is 0.419 e. The fraction of sp³-hybridized carbons (Fsp3) is 0.500. The molecule has 16 heavy (non-hydrogen) atoms. The average Bonchev–Trinajstić information content (AvgIpc) is 2.96. The zero-order valence-corrected chi connectivity index (χ0v) is 8.97. The first-order valence-electron chi connectivity index (χ1n) is 5.27. The van der Waals surface area contributed by atoms with Crippen molar-refractivity contribution in [2.45, 2.75) is 25.9 Å². The Labute approximate surface area is 92.2 Å². The first kappa shape index (κ1) is 11.3. The number of rotatable bonds is 3. The predicted octanol–water partition coefficient (Wildman–Crippen LogP) is 3.80. The van der Waals surface area contributed by atoms with E-state index in [1.54, 1.807) is 6.92 Å². The van der Waals surface area contributed by atoms with Gasteiger partial charge in [0.25, 0.3) is 0 Å². The molecule has 1 saturated carbocycles. The summed E-state index contributed by atoms with van der Waals surface area (Å²) in [6.45, 7) is 2.15. The van der Waals surface area contributed by atoms with Crippen LogP contribution in [0.4, 0.5) is 13.2 Å². The maximum absolute atomic E-state index is 12.6. The van der Waals surface area contributed by atoms with E-state index in [1.165, 1.54) is 12.1 Å². The first-order chi connectivity index (χ1) is 7.47. The molecule has 0 atom stereocenters. The lowest BCUT2D eigenvalue weighted by Gasteiger charge is -2.14. The van der Waals surface area contributed by atoms with Gasteiger partial charge in [-0.2, -0.15) is 13.2 Å². The Morgan fingerprint density at radius 3 is 2.56 bits per heavy atom. The van der Waals surface area contributed by atoms with E-state index in [-0.39, 0.29) is 5.75 Å². The molecule has 0 spiro atoms. The second-order valence-electron chi connectivity index (χ2n) is 4.25. The summed E-state index contributed by atoms with van der Waals surface area (Å²) >= 11 is 0. The van der Waals surface area contributed by atoms with E-state index in [4.69, 9.17) is 4.74 Å². The van der Waals surface area contributed by atoms with Crippen LogP contribution in [0.5, 0.6) is 5.75 Å². The van der Waals surface area contributed by atoms with Gasteiger partial charge >= 0.3 is 6.18 Å². The van der Waals surface area contributed by atoms with Crippen molar-refractivity contribution in [3.8, 4) is 5.75 Å². The summed E-state index contributed by atoms with van der Waals surface area (Å²) in [4.78, 5) is 0. The van der Waals surface area contributed by atoms with Crippen molar-refractivity contribution in [2.75, 3.05) is 6.61 Å². The van der Waals surface area contributed by atoms with Gasteiger partial charge in [-0.15, -0.1) is 0 Å². The molecule has 0 heterocycles. The van der Waals surface area contributed by atoms with Crippen LogP contribution in [-0.4, -0.2) is 6.61 Å². The summed E-state index contributed by atoms with van der Waals surface area (Å²) in [5, 5.41) is 0. The van der Waals surface area contributed by atoms with E-state index in [0.717, 1.165) is 24.5 Å². The summed E-state index contributed by atoms with van der Waals surface area (Å²) in [5.41, 5.74) is 0.0950. The van der Waals surface area contributed by atoms with Crippen LogP contribution in [-0.2, 0) is 6.18 Å². The van der Waals surface area contributed by atoms with Crippen LogP contribution in [0, 0.1) is 12.8 Å². The minimum absolute atomic E-state index is 0.0422. The highest BCUT2D eigenvalue weighted by Crippen LogP contribution is 2.38. The van der Waals surface area contributed by atoms with Crippen molar-refractivity contribution >= 4 is 0 Å². The second kappa shape index (κ2) is 4.00. The number of hydrogen-bond acceptors (Lipinski definition) is 1. The Bertz CT molecular complexity index is 380. The van der Waals surface area contributed by atoms with E-state index in [2.05, 4.69) is 0 Å². The van der Waals surface area contributed by atoms with Crippen molar-refractivity contribution in [2.24, 2.45) is 5.92 Å². The number of hydrogen-bond donors (Lipinski definition) is 0. The Balaban J connectivity index is 2.20. The molecule has 0 bridgehead atoms. The Hall–Kier alpha value is -1.19. The standard InChI is InChI=1S/C12H13F3O/c1-8-2-5-10(12(13,14)15)11(6-8)16-7-9-3-4-9/h2,5-6,9H,3-4,7H2,1H3. The lowest BCUT2D eigenvalue weighted by atomic mass is 10.1. The first-order valence-corrected chi connectivity index (χ1v) is 5.27. The molecule has 1 aromatic rings. The van der Waals surface area contributed by atoms with Gasteiger partial charge in [-0.05, 0) is 43.4 Å². The van der Waals surface area contributed by atoms with E-state index in [1.807, 2.05) is 0 Å². The molecule has 0 radical (unpaired) electrons. The highest BCUT2D eigenvalue weighted by Gasteiger charge is 2.34. The van der Waals surface area contributed by atoms with Crippen molar-refractivity contribution in [3.05, 3.63) is 29.3 Å². The largest absolute Gasteiger partial charge is 0.493 e. The van der Waals surface area contributed by atoms with Crippen LogP contribution in [0.25, 0.3) is 0 Å². The van der Waals surface area contributed by atoms with E-state index < -0.39 is 11.7 Å². The summed E-state index contributed by atoms with van der Waals surface area (Å²) in [7, 11) is 0. The summed E-state index contributed by atoms with van der Waals surface area (Å²) in [6, 6.07) is 3.98. The highest BCUT2D eigenvalue weighted by molar-refractivity contribution is 5.39. The monoisotopic (exact) mass is 230 g/mol. The summed E-state index contributed by atoms with van der Waals surface area (Å²) in [6.07, 6.45) is -2.22. The van der Waals surface area contributed by atoms with E-state index in [0.29, 0.717) is 12.5 Å². The van der Waals surface area contributed by atoms with Gasteiger partial charge in [-0.3, -0.25) is 0 Å². The molecule has 1 aliphatic rings. The number of benzene rings is 1. The van der Waals surface area contributed by atoms with Crippen LogP contribution in [0.3, 0.4) is 0 Å². The van der Waals surface area contributed by atoms with Gasteiger partial charge < -0.3 is 4.74 Å². The number of aryl methyl sites for hydroxylation is 1. The molecule has 1 nitrogen and oxygen atoms in total. The lowest BCUT2D eigenvalue weighted by Crippen LogP contribution is -2.10. The number of halogens is 3. The molecular weight excluding hydrogens is 217 g/mol. The SMILES string of the molecule is Cc1ccc(C(F)(F)F)c(OCC2CC2)c1. The van der Waals surface area contributed by atoms with Crippen molar-refractivity contribution in [3.63, 3.8) is 0 Å². The van der Waals surface area contributed by atoms with Crippen LogP contribution in [0.15, 0.2) is 18.2 Å². The van der Waals surface area contributed by atoms with Gasteiger partial charge in [0.1, 0.15) is 5.75 Å². The molecule has 88 valence electrons. The van der Waals surface area contributed by atoms with Crippen LogP contribution < -0.4 is 4.74 Å². The zero-order chi connectivity index (χ0) is 11.8. The fourth-order valence-electron chi connectivity index (χ4n) is 1.48. The van der Waals surface area contributed by atoms with Gasteiger partial charge in [-0.25, -0.2) is 0 Å². The molecule has 0 aromatic heterocycles. The molecule has 0 amide bonds. The van der Waals surface area contributed by atoms with Gasteiger partial charge in [0.15, 0.2) is 0 Å². The normalized spacial score (nSPS) is 16.2. The fourth-order valence-corrected chi connectivity index (χ4v) is 1.48. The Morgan fingerprint density at radius 2 is 2.00 bits per heavy atom. The third kappa shape index (κ3) is 2.68. The van der Waals surface area contributed by atoms with Crippen LogP contribution >= 0.6 is 0 Å². The quantitative estimate of drug-likeness (QED) is 0.767. The molecule has 2 rings (SSSR count). The zero-order valence-electron chi connectivity index (χ0n) is 8.97. The minimum Gasteiger partial charge on any atom is -0.493 e. The Kier molecular flexibility index (Phi) is 2.82. The summed E-state index contributed by atoms with van der Waals surface area (Å²) < 4.78 is 43.2. The van der Waals surface area contributed by atoms with Gasteiger partial charge in [0, 0.05) is 0 Å². The molecule has 0 saturated heterocycles. The average molecular weight is 230 g/mol. The molecule has 1 aromatic carbocycles. The lowest BCUT2D eigenvalue weighted by molar-refractivity contribution is -0.139. The Morgan fingerprint density at radius 1 is 1.31 bits per heavy atom. The minimum atomic E-state index is -4.34. The van der Waals surface area contributed by atoms with Crippen molar-refractivity contribution in [1.82, 2.24) is 0 Å². The van der Waals surface area contributed by atoms with Gasteiger partial charge in [-0.1, -0.05) is 6.07 Å². The molecule has 1 aliphatic carbocycles. The van der Waals surface area contributed by atoms with E-state index in [9.17, 15) is 13.2 Å². The van der Waals surface area contributed by atoms with Crippen molar-refractivity contribution < 1.29 is 17.9 Å². The molecule has 0 aliphatic heterocycles. The third-order valence-electron chi connectivity index (χ3n) is 2.61. The third-order valence-corrected chi connectivity index (χ3v) is 2.61. The molecular formula is C12H13F3O.